The summed E-state index contributed by atoms with van der Waals surface area (Å²) in [5, 5.41) is 2.81. The number of benzene rings is 2. The highest BCUT2D eigenvalue weighted by atomic mass is 32.2. The first-order valence-corrected chi connectivity index (χ1v) is 11.6. The average Bonchev–Trinajstić information content (AvgIpc) is 2.64. The van der Waals surface area contributed by atoms with Crippen molar-refractivity contribution in [3.05, 3.63) is 59.7 Å². The van der Waals surface area contributed by atoms with Crippen LogP contribution in [0.1, 0.15) is 31.4 Å². The van der Waals surface area contributed by atoms with Gasteiger partial charge in [-0.05, 0) is 62.9 Å². The summed E-state index contributed by atoms with van der Waals surface area (Å²) in [5.41, 5.74) is 2.48. The van der Waals surface area contributed by atoms with Crippen LogP contribution in [0.3, 0.4) is 0 Å². The molecule has 2 aromatic rings. The predicted molar refractivity (Wildman–Crippen MR) is 117 cm³/mol. The standard InChI is InChI=1S/C22H30N2O4S/c1-17(2)28-20-13-11-19(12-14-20)9-7-15-23-22(25)16-24(29(4,26)27)21-10-6-5-8-18(21)3/h5-6,8,10-14,17H,7,9,15-16H2,1-4H3,(H,23,25). The number of anilines is 1. The van der Waals surface area contributed by atoms with Crippen molar-refractivity contribution in [3.63, 3.8) is 0 Å². The minimum Gasteiger partial charge on any atom is -0.491 e. The van der Waals surface area contributed by atoms with Gasteiger partial charge < -0.3 is 10.1 Å². The summed E-state index contributed by atoms with van der Waals surface area (Å²) < 4.78 is 31.1. The summed E-state index contributed by atoms with van der Waals surface area (Å²) in [6.07, 6.45) is 2.83. The van der Waals surface area contributed by atoms with Crippen LogP contribution in [-0.4, -0.2) is 39.8 Å². The molecule has 1 N–H and O–H groups in total. The Morgan fingerprint density at radius 1 is 1.10 bits per heavy atom. The topological polar surface area (TPSA) is 75.7 Å². The van der Waals surface area contributed by atoms with E-state index in [4.69, 9.17) is 4.74 Å². The lowest BCUT2D eigenvalue weighted by molar-refractivity contribution is -0.119. The second-order valence-corrected chi connectivity index (χ2v) is 9.23. The van der Waals surface area contributed by atoms with Gasteiger partial charge in [0.1, 0.15) is 12.3 Å². The predicted octanol–water partition coefficient (Wildman–Crippen LogP) is 3.30. The molecule has 0 saturated heterocycles. The number of hydrogen-bond acceptors (Lipinski definition) is 4. The number of carbonyl (C=O) groups is 1. The number of aryl methyl sites for hydroxylation is 2. The number of nitrogens with one attached hydrogen (secondary N) is 1. The molecule has 0 saturated carbocycles. The highest BCUT2D eigenvalue weighted by Gasteiger charge is 2.21. The van der Waals surface area contributed by atoms with Crippen molar-refractivity contribution in [1.29, 1.82) is 0 Å². The number of ether oxygens (including phenoxy) is 1. The van der Waals surface area contributed by atoms with Crippen LogP contribution in [0, 0.1) is 6.92 Å². The number of para-hydroxylation sites is 1. The maximum Gasteiger partial charge on any atom is 0.240 e. The fourth-order valence-electron chi connectivity index (χ4n) is 2.94. The van der Waals surface area contributed by atoms with E-state index in [9.17, 15) is 13.2 Å². The molecular formula is C22H30N2O4S. The van der Waals surface area contributed by atoms with E-state index in [1.807, 2.05) is 57.2 Å². The second kappa shape index (κ2) is 10.3. The summed E-state index contributed by atoms with van der Waals surface area (Å²) in [7, 11) is -3.56. The first-order chi connectivity index (χ1) is 13.7. The van der Waals surface area contributed by atoms with E-state index >= 15 is 0 Å². The lowest BCUT2D eigenvalue weighted by Gasteiger charge is -2.23. The second-order valence-electron chi connectivity index (χ2n) is 7.32. The van der Waals surface area contributed by atoms with E-state index in [1.54, 1.807) is 12.1 Å². The molecule has 2 aromatic carbocycles. The molecule has 7 heteroatoms. The zero-order valence-corrected chi connectivity index (χ0v) is 18.3. The Balaban J connectivity index is 1.84. The molecular weight excluding hydrogens is 388 g/mol. The molecule has 0 radical (unpaired) electrons. The third-order valence-electron chi connectivity index (χ3n) is 4.33. The van der Waals surface area contributed by atoms with Gasteiger partial charge in [-0.1, -0.05) is 30.3 Å². The molecule has 158 valence electrons. The quantitative estimate of drug-likeness (QED) is 0.601. The fraction of sp³-hybridized carbons (Fsp3) is 0.409. The lowest BCUT2D eigenvalue weighted by atomic mass is 10.1. The van der Waals surface area contributed by atoms with Crippen molar-refractivity contribution in [2.24, 2.45) is 0 Å². The summed E-state index contributed by atoms with van der Waals surface area (Å²) in [5.74, 6) is 0.522. The Morgan fingerprint density at radius 2 is 1.76 bits per heavy atom. The normalized spacial score (nSPS) is 11.3. The van der Waals surface area contributed by atoms with Crippen molar-refractivity contribution >= 4 is 21.6 Å². The number of nitrogens with zero attached hydrogens (tertiary/aromatic N) is 1. The van der Waals surface area contributed by atoms with E-state index in [0.29, 0.717) is 12.2 Å². The van der Waals surface area contributed by atoms with Gasteiger partial charge in [-0.15, -0.1) is 0 Å². The fourth-order valence-corrected chi connectivity index (χ4v) is 3.85. The summed E-state index contributed by atoms with van der Waals surface area (Å²) >= 11 is 0. The minimum atomic E-state index is -3.56. The van der Waals surface area contributed by atoms with Gasteiger partial charge in [0.05, 0.1) is 18.0 Å². The Morgan fingerprint density at radius 3 is 2.34 bits per heavy atom. The number of sulfonamides is 1. The highest BCUT2D eigenvalue weighted by molar-refractivity contribution is 7.92. The van der Waals surface area contributed by atoms with Gasteiger partial charge in [0.2, 0.25) is 15.9 Å². The van der Waals surface area contributed by atoms with Gasteiger partial charge >= 0.3 is 0 Å². The molecule has 0 aromatic heterocycles. The molecule has 0 spiro atoms. The Kier molecular flexibility index (Phi) is 8.08. The molecule has 0 aliphatic carbocycles. The van der Waals surface area contributed by atoms with Crippen molar-refractivity contribution in [1.82, 2.24) is 5.32 Å². The zero-order valence-electron chi connectivity index (χ0n) is 17.5. The third-order valence-corrected chi connectivity index (χ3v) is 5.46. The van der Waals surface area contributed by atoms with Crippen molar-refractivity contribution in [2.45, 2.75) is 39.7 Å². The molecule has 0 heterocycles. The molecule has 0 atom stereocenters. The van der Waals surface area contributed by atoms with E-state index in [-0.39, 0.29) is 18.6 Å². The SMILES string of the molecule is Cc1ccccc1N(CC(=O)NCCCc1ccc(OC(C)C)cc1)S(C)(=O)=O. The van der Waals surface area contributed by atoms with Gasteiger partial charge in [-0.2, -0.15) is 0 Å². The van der Waals surface area contributed by atoms with Crippen molar-refractivity contribution < 1.29 is 17.9 Å². The van der Waals surface area contributed by atoms with Gasteiger partial charge in [0.15, 0.2) is 0 Å². The van der Waals surface area contributed by atoms with Crippen LogP contribution in [0.25, 0.3) is 0 Å². The van der Waals surface area contributed by atoms with E-state index < -0.39 is 10.0 Å². The molecule has 29 heavy (non-hydrogen) atoms. The van der Waals surface area contributed by atoms with Gasteiger partial charge in [0, 0.05) is 6.54 Å². The van der Waals surface area contributed by atoms with Gasteiger partial charge in [-0.3, -0.25) is 9.10 Å². The monoisotopic (exact) mass is 418 g/mol. The molecule has 0 aliphatic rings. The number of hydrogen-bond donors (Lipinski definition) is 1. The zero-order chi connectivity index (χ0) is 21.4. The number of carbonyl (C=O) groups excluding carboxylic acids is 1. The third kappa shape index (κ3) is 7.42. The van der Waals surface area contributed by atoms with Gasteiger partial charge in [0.25, 0.3) is 0 Å². The minimum absolute atomic E-state index is 0.141. The smallest absolute Gasteiger partial charge is 0.240 e. The van der Waals surface area contributed by atoms with Crippen LogP contribution < -0.4 is 14.4 Å². The first kappa shape index (κ1) is 22.7. The molecule has 0 aliphatic heterocycles. The molecule has 0 fully saturated rings. The average molecular weight is 419 g/mol. The highest BCUT2D eigenvalue weighted by Crippen LogP contribution is 2.21. The van der Waals surface area contributed by atoms with E-state index in [1.165, 1.54) is 0 Å². The number of rotatable bonds is 10. The van der Waals surface area contributed by atoms with Gasteiger partial charge in [-0.25, -0.2) is 8.42 Å². The largest absolute Gasteiger partial charge is 0.491 e. The Labute approximate surface area is 173 Å². The van der Waals surface area contributed by atoms with Crippen LogP contribution >= 0.6 is 0 Å². The maximum absolute atomic E-state index is 12.3. The first-order valence-electron chi connectivity index (χ1n) is 9.72. The molecule has 0 unspecified atom stereocenters. The molecule has 2 rings (SSSR count). The van der Waals surface area contributed by atoms with Crippen LogP contribution in [-0.2, 0) is 21.2 Å². The maximum atomic E-state index is 12.3. The van der Waals surface area contributed by atoms with Crippen LogP contribution in [0.2, 0.25) is 0 Å². The Hall–Kier alpha value is -2.54. The lowest BCUT2D eigenvalue weighted by Crippen LogP contribution is -2.41. The van der Waals surface area contributed by atoms with E-state index in [0.717, 1.165) is 40.3 Å². The number of amides is 1. The van der Waals surface area contributed by atoms with Crippen molar-refractivity contribution in [3.8, 4) is 5.75 Å². The summed E-state index contributed by atoms with van der Waals surface area (Å²) in [6, 6.07) is 15.0. The van der Waals surface area contributed by atoms with Crippen molar-refractivity contribution in [2.75, 3.05) is 23.7 Å². The molecule has 1 amide bonds. The van der Waals surface area contributed by atoms with Crippen LogP contribution in [0.15, 0.2) is 48.5 Å². The molecule has 0 bridgehead atoms. The summed E-state index contributed by atoms with van der Waals surface area (Å²) in [4.78, 5) is 12.3. The van der Waals surface area contributed by atoms with E-state index in [2.05, 4.69) is 5.32 Å². The Bertz CT molecular complexity index is 909. The van der Waals surface area contributed by atoms with Crippen LogP contribution in [0.5, 0.6) is 5.75 Å². The molecule has 6 nitrogen and oxygen atoms in total. The van der Waals surface area contributed by atoms with Crippen LogP contribution in [0.4, 0.5) is 5.69 Å². The summed E-state index contributed by atoms with van der Waals surface area (Å²) in [6.45, 7) is 6.05.